The van der Waals surface area contributed by atoms with Gasteiger partial charge in [-0.3, -0.25) is 9.48 Å². The number of benzene rings is 1. The number of rotatable bonds is 5. The van der Waals surface area contributed by atoms with Gasteiger partial charge in [0.25, 0.3) is 0 Å². The van der Waals surface area contributed by atoms with Crippen molar-refractivity contribution in [3.05, 3.63) is 52.0 Å². The number of alkyl halides is 3. The third-order valence-corrected chi connectivity index (χ3v) is 6.04. The molecular weight excluding hydrogens is 472 g/mol. The quantitative estimate of drug-likeness (QED) is 0.629. The van der Waals surface area contributed by atoms with Crippen molar-refractivity contribution in [1.82, 2.24) is 14.7 Å². The first-order valence-corrected chi connectivity index (χ1v) is 10.3. The van der Waals surface area contributed by atoms with E-state index >= 15 is 0 Å². The number of carbonyl (C=O) groups is 1. The van der Waals surface area contributed by atoms with Crippen LogP contribution in [0.2, 0.25) is 10.0 Å². The number of carbonyl (C=O) groups excluding carboxylic acids is 1. The molecule has 1 aliphatic rings. The summed E-state index contributed by atoms with van der Waals surface area (Å²) in [5, 5.41) is 13.5. The number of nitrogens with zero attached hydrogens (tertiary/aromatic N) is 4. The third-order valence-electron chi connectivity index (χ3n) is 5.27. The molecule has 1 saturated heterocycles. The van der Waals surface area contributed by atoms with Crippen molar-refractivity contribution in [2.45, 2.75) is 25.7 Å². The molecule has 1 unspecified atom stereocenters. The Morgan fingerprint density at radius 3 is 2.59 bits per heavy atom. The highest BCUT2D eigenvalue weighted by atomic mass is 35.5. The number of ether oxygens (including phenoxy) is 1. The zero-order valence-corrected chi connectivity index (χ0v) is 18.8. The molecule has 0 aliphatic carbocycles. The Labute approximate surface area is 192 Å². The van der Waals surface area contributed by atoms with E-state index in [9.17, 15) is 23.1 Å². The van der Waals surface area contributed by atoms with E-state index in [1.807, 2.05) is 4.90 Å². The normalized spacial score (nSPS) is 16.9. The minimum Gasteiger partial charge on any atom is -0.511 e. The molecule has 7 nitrogen and oxygen atoms in total. The molecule has 2 aromatic rings. The maximum Gasteiger partial charge on any atom is 0.436 e. The largest absolute Gasteiger partial charge is 0.511 e. The number of hydrogen-bond acceptors (Lipinski definition) is 5. The van der Waals surface area contributed by atoms with Crippen LogP contribution in [0.3, 0.4) is 0 Å². The first-order chi connectivity index (χ1) is 14.9. The van der Waals surface area contributed by atoms with Gasteiger partial charge in [0.1, 0.15) is 24.1 Å². The SMILES string of the molecule is C=C(O)C1CN(c2ccc(Cl)c(OC)c2)CCN1C(=O)Cn1nc(C(F)(F)F)c(Cl)c1C. The minimum atomic E-state index is -4.73. The Kier molecular flexibility index (Phi) is 6.85. The molecule has 1 atom stereocenters. The lowest BCUT2D eigenvalue weighted by Gasteiger charge is -2.42. The number of aliphatic hydroxyl groups is 1. The van der Waals surface area contributed by atoms with Crippen LogP contribution in [0.15, 0.2) is 30.5 Å². The summed E-state index contributed by atoms with van der Waals surface area (Å²) in [5.74, 6) is -0.279. The number of anilines is 1. The van der Waals surface area contributed by atoms with Crippen molar-refractivity contribution in [2.24, 2.45) is 0 Å². The summed E-state index contributed by atoms with van der Waals surface area (Å²) in [6, 6.07) is 4.43. The summed E-state index contributed by atoms with van der Waals surface area (Å²) in [6.07, 6.45) is -4.73. The van der Waals surface area contributed by atoms with Crippen molar-refractivity contribution >= 4 is 34.8 Å². The van der Waals surface area contributed by atoms with Crippen molar-refractivity contribution in [1.29, 1.82) is 0 Å². The highest BCUT2D eigenvalue weighted by Gasteiger charge is 2.39. The maximum absolute atomic E-state index is 13.1. The van der Waals surface area contributed by atoms with Gasteiger partial charge in [0, 0.05) is 31.4 Å². The van der Waals surface area contributed by atoms with Gasteiger partial charge in [-0.1, -0.05) is 29.8 Å². The highest BCUT2D eigenvalue weighted by molar-refractivity contribution is 6.32. The number of piperazine rings is 1. The second-order valence-corrected chi connectivity index (χ2v) is 8.05. The van der Waals surface area contributed by atoms with E-state index in [2.05, 4.69) is 11.7 Å². The van der Waals surface area contributed by atoms with Gasteiger partial charge in [-0.15, -0.1) is 0 Å². The molecule has 1 N–H and O–H groups in total. The van der Waals surface area contributed by atoms with Gasteiger partial charge in [-0.2, -0.15) is 18.3 Å². The first kappa shape index (κ1) is 24.1. The van der Waals surface area contributed by atoms with Gasteiger partial charge < -0.3 is 19.6 Å². The fourth-order valence-electron chi connectivity index (χ4n) is 3.52. The number of hydrogen-bond donors (Lipinski definition) is 1. The molecule has 2 heterocycles. The van der Waals surface area contributed by atoms with Crippen molar-refractivity contribution in [3.8, 4) is 5.75 Å². The molecule has 0 bridgehead atoms. The van der Waals surface area contributed by atoms with Crippen LogP contribution in [0.1, 0.15) is 11.4 Å². The Balaban J connectivity index is 1.79. The Bertz CT molecular complexity index is 1040. The molecule has 0 radical (unpaired) electrons. The van der Waals surface area contributed by atoms with Crippen LogP contribution in [0.25, 0.3) is 0 Å². The maximum atomic E-state index is 13.1. The Morgan fingerprint density at radius 2 is 2.03 bits per heavy atom. The van der Waals surface area contributed by atoms with Crippen molar-refractivity contribution < 1.29 is 27.8 Å². The Morgan fingerprint density at radius 1 is 1.34 bits per heavy atom. The zero-order chi connectivity index (χ0) is 23.8. The van der Waals surface area contributed by atoms with E-state index in [4.69, 9.17) is 27.9 Å². The van der Waals surface area contributed by atoms with Gasteiger partial charge in [-0.25, -0.2) is 0 Å². The molecule has 1 aliphatic heterocycles. The minimum absolute atomic E-state index is 0.0265. The van der Waals surface area contributed by atoms with E-state index in [1.165, 1.54) is 18.9 Å². The lowest BCUT2D eigenvalue weighted by molar-refractivity contribution is -0.142. The lowest BCUT2D eigenvalue weighted by atomic mass is 10.1. The predicted octanol–water partition coefficient (Wildman–Crippen LogP) is 4.31. The summed E-state index contributed by atoms with van der Waals surface area (Å²) in [5.41, 5.74) is -0.443. The molecule has 1 aromatic heterocycles. The Hall–Kier alpha value is -2.59. The van der Waals surface area contributed by atoms with Gasteiger partial charge in [0.2, 0.25) is 5.91 Å². The average Bonchev–Trinajstić information content (AvgIpc) is 3.02. The van der Waals surface area contributed by atoms with E-state index in [0.29, 0.717) is 17.3 Å². The van der Waals surface area contributed by atoms with E-state index in [-0.39, 0.29) is 24.5 Å². The highest BCUT2D eigenvalue weighted by Crippen LogP contribution is 2.35. The second kappa shape index (κ2) is 9.11. The first-order valence-electron chi connectivity index (χ1n) is 9.49. The third kappa shape index (κ3) is 4.75. The van der Waals surface area contributed by atoms with Crippen molar-refractivity contribution in [2.75, 3.05) is 31.6 Å². The molecule has 1 amide bonds. The number of aromatic nitrogens is 2. The molecular formula is C20H21Cl2F3N4O3. The molecule has 1 aromatic carbocycles. The van der Waals surface area contributed by atoms with Crippen LogP contribution < -0.4 is 9.64 Å². The van der Waals surface area contributed by atoms with Crippen LogP contribution in [0.5, 0.6) is 5.75 Å². The second-order valence-electron chi connectivity index (χ2n) is 7.26. The molecule has 32 heavy (non-hydrogen) atoms. The summed E-state index contributed by atoms with van der Waals surface area (Å²) in [7, 11) is 1.49. The van der Waals surface area contributed by atoms with E-state index in [1.54, 1.807) is 18.2 Å². The number of aliphatic hydroxyl groups excluding tert-OH is 1. The fraction of sp³-hybridized carbons (Fsp3) is 0.400. The average molecular weight is 493 g/mol. The summed E-state index contributed by atoms with van der Waals surface area (Å²) >= 11 is 11.8. The molecule has 3 rings (SSSR count). The van der Waals surface area contributed by atoms with Gasteiger partial charge in [-0.05, 0) is 19.1 Å². The molecule has 174 valence electrons. The van der Waals surface area contributed by atoms with Crippen molar-refractivity contribution in [3.63, 3.8) is 0 Å². The van der Waals surface area contributed by atoms with Gasteiger partial charge in [0.15, 0.2) is 5.69 Å². The van der Waals surface area contributed by atoms with Crippen LogP contribution in [0.4, 0.5) is 18.9 Å². The summed E-state index contributed by atoms with van der Waals surface area (Å²) in [4.78, 5) is 16.2. The molecule has 0 saturated carbocycles. The topological polar surface area (TPSA) is 70.8 Å². The molecule has 12 heteroatoms. The number of amides is 1. The zero-order valence-electron chi connectivity index (χ0n) is 17.3. The van der Waals surface area contributed by atoms with Gasteiger partial charge in [0.05, 0.1) is 22.8 Å². The summed E-state index contributed by atoms with van der Waals surface area (Å²) in [6.45, 7) is 5.29. The van der Waals surface area contributed by atoms with E-state index < -0.39 is 35.4 Å². The number of methoxy groups -OCH3 is 1. The molecule has 0 spiro atoms. The van der Waals surface area contributed by atoms with Gasteiger partial charge >= 0.3 is 6.18 Å². The standard InChI is InChI=1S/C20H21Cl2F3N4O3/c1-11-18(22)19(20(23,24)25)26-29(11)10-17(31)28-7-6-27(9-15(28)12(2)30)13-4-5-14(21)16(8-13)32-3/h4-5,8,15,30H,2,6-7,9-10H2,1,3H3. The fourth-order valence-corrected chi connectivity index (χ4v) is 3.96. The van der Waals surface area contributed by atoms with E-state index in [0.717, 1.165) is 10.4 Å². The summed E-state index contributed by atoms with van der Waals surface area (Å²) < 4.78 is 45.3. The number of halogens is 5. The lowest BCUT2D eigenvalue weighted by Crippen LogP contribution is -2.56. The van der Waals surface area contributed by atoms with Crippen LogP contribution in [0, 0.1) is 6.92 Å². The molecule has 1 fully saturated rings. The predicted molar refractivity (Wildman–Crippen MR) is 114 cm³/mol. The monoisotopic (exact) mass is 492 g/mol. The van der Waals surface area contributed by atoms with Crippen LogP contribution >= 0.6 is 23.2 Å². The van der Waals surface area contributed by atoms with Crippen LogP contribution in [-0.2, 0) is 17.5 Å². The smallest absolute Gasteiger partial charge is 0.436 e. The van der Waals surface area contributed by atoms with Crippen LogP contribution in [-0.4, -0.2) is 58.5 Å².